The maximum atomic E-state index is 11.9. The summed E-state index contributed by atoms with van der Waals surface area (Å²) in [7, 11) is 1.48. The zero-order valence-corrected chi connectivity index (χ0v) is 11.1. The third kappa shape index (κ3) is 4.27. The summed E-state index contributed by atoms with van der Waals surface area (Å²) in [6.45, 7) is 4.29. The van der Waals surface area contributed by atoms with Crippen LogP contribution in [0.5, 0.6) is 0 Å². The van der Waals surface area contributed by atoms with Gasteiger partial charge in [-0.1, -0.05) is 0 Å². The number of carbonyl (C=O) groups is 2. The first-order valence-corrected chi connectivity index (χ1v) is 6.06. The number of carboxylic acid groups (broad SMARTS) is 1. The van der Waals surface area contributed by atoms with E-state index in [0.717, 1.165) is 0 Å². The van der Waals surface area contributed by atoms with Gasteiger partial charge in [-0.05, 0) is 20.3 Å². The monoisotopic (exact) mass is 259 g/mol. The van der Waals surface area contributed by atoms with Gasteiger partial charge < -0.3 is 19.9 Å². The lowest BCUT2D eigenvalue weighted by Crippen LogP contribution is -2.51. The Bertz CT molecular complexity index is 320. The molecular weight excluding hydrogens is 238 g/mol. The van der Waals surface area contributed by atoms with Crippen molar-refractivity contribution in [1.82, 2.24) is 5.32 Å². The summed E-state index contributed by atoms with van der Waals surface area (Å²) >= 11 is 0. The highest BCUT2D eigenvalue weighted by Gasteiger charge is 2.46. The molecule has 2 N–H and O–H groups in total. The van der Waals surface area contributed by atoms with E-state index in [1.165, 1.54) is 7.11 Å². The Labute approximate surface area is 107 Å². The molecule has 1 fully saturated rings. The molecule has 1 rings (SSSR count). The average Bonchev–Trinajstić information content (AvgIpc) is 2.96. The van der Waals surface area contributed by atoms with Crippen molar-refractivity contribution >= 4 is 11.9 Å². The number of carbonyl (C=O) groups excluding carboxylic acids is 1. The molecule has 0 radical (unpaired) electrons. The maximum Gasteiger partial charge on any atom is 0.305 e. The van der Waals surface area contributed by atoms with Crippen LogP contribution in [0.25, 0.3) is 0 Å². The molecule has 1 aliphatic carbocycles. The Morgan fingerprint density at radius 1 is 1.50 bits per heavy atom. The summed E-state index contributed by atoms with van der Waals surface area (Å²) in [4.78, 5) is 22.7. The minimum atomic E-state index is -0.966. The third-order valence-corrected chi connectivity index (χ3v) is 2.88. The van der Waals surface area contributed by atoms with Gasteiger partial charge in [-0.2, -0.15) is 0 Å². The molecule has 0 saturated heterocycles. The SMILES string of the molecule is CCOC1CC1C(=O)NC(C)(COC)CC(=O)O. The number of amides is 1. The lowest BCUT2D eigenvalue weighted by molar-refractivity contribution is -0.139. The van der Waals surface area contributed by atoms with Crippen LogP contribution in [-0.4, -0.2) is 48.9 Å². The average molecular weight is 259 g/mol. The van der Waals surface area contributed by atoms with Crippen molar-refractivity contribution in [2.24, 2.45) is 5.92 Å². The van der Waals surface area contributed by atoms with Crippen LogP contribution in [0.1, 0.15) is 26.7 Å². The number of carboxylic acids is 1. The normalized spacial score (nSPS) is 25.3. The standard InChI is InChI=1S/C12H21NO5/c1-4-18-9-5-8(9)11(16)13-12(2,7-17-3)6-10(14)15/h8-9H,4-7H2,1-3H3,(H,13,16)(H,14,15). The second-order valence-electron chi connectivity index (χ2n) is 4.89. The van der Waals surface area contributed by atoms with Gasteiger partial charge in [-0.25, -0.2) is 0 Å². The smallest absolute Gasteiger partial charge is 0.305 e. The number of aliphatic carboxylic acids is 1. The lowest BCUT2D eigenvalue weighted by Gasteiger charge is -2.28. The van der Waals surface area contributed by atoms with E-state index in [4.69, 9.17) is 14.6 Å². The summed E-state index contributed by atoms with van der Waals surface area (Å²) in [5.74, 6) is -1.28. The van der Waals surface area contributed by atoms with Gasteiger partial charge in [0.15, 0.2) is 0 Å². The largest absolute Gasteiger partial charge is 0.481 e. The molecule has 1 saturated carbocycles. The fourth-order valence-corrected chi connectivity index (χ4v) is 2.02. The van der Waals surface area contributed by atoms with E-state index in [1.54, 1.807) is 6.92 Å². The van der Waals surface area contributed by atoms with Crippen LogP contribution >= 0.6 is 0 Å². The summed E-state index contributed by atoms with van der Waals surface area (Å²) < 4.78 is 10.3. The quantitative estimate of drug-likeness (QED) is 0.659. The molecule has 1 amide bonds. The Kier molecular flexibility index (Phi) is 5.10. The minimum Gasteiger partial charge on any atom is -0.481 e. The highest BCUT2D eigenvalue weighted by molar-refractivity contribution is 5.83. The number of rotatable bonds is 8. The second kappa shape index (κ2) is 6.15. The van der Waals surface area contributed by atoms with Crippen LogP contribution in [-0.2, 0) is 19.1 Å². The van der Waals surface area contributed by atoms with Gasteiger partial charge in [0.2, 0.25) is 5.91 Å². The molecule has 3 atom stereocenters. The first-order chi connectivity index (χ1) is 8.41. The molecule has 6 heteroatoms. The molecular formula is C12H21NO5. The van der Waals surface area contributed by atoms with Crippen molar-refractivity contribution in [1.29, 1.82) is 0 Å². The number of hydrogen-bond acceptors (Lipinski definition) is 4. The molecule has 6 nitrogen and oxygen atoms in total. The summed E-state index contributed by atoms with van der Waals surface area (Å²) in [5.41, 5.74) is -0.878. The minimum absolute atomic E-state index is 0.0216. The van der Waals surface area contributed by atoms with Gasteiger partial charge in [0.1, 0.15) is 0 Å². The van der Waals surface area contributed by atoms with E-state index in [2.05, 4.69) is 5.32 Å². The molecule has 0 bridgehead atoms. The lowest BCUT2D eigenvalue weighted by atomic mass is 9.98. The molecule has 0 spiro atoms. The molecule has 0 aromatic rings. The van der Waals surface area contributed by atoms with Gasteiger partial charge in [-0.3, -0.25) is 9.59 Å². The molecule has 0 aliphatic heterocycles. The molecule has 0 heterocycles. The molecule has 0 aromatic carbocycles. The van der Waals surface area contributed by atoms with Crippen molar-refractivity contribution in [3.63, 3.8) is 0 Å². The first-order valence-electron chi connectivity index (χ1n) is 6.06. The van der Waals surface area contributed by atoms with Crippen molar-refractivity contribution in [3.05, 3.63) is 0 Å². The Hall–Kier alpha value is -1.14. The van der Waals surface area contributed by atoms with E-state index < -0.39 is 11.5 Å². The molecule has 3 unspecified atom stereocenters. The predicted octanol–water partition coefficient (Wildman–Crippen LogP) is 0.407. The van der Waals surface area contributed by atoms with Crippen LogP contribution in [0.3, 0.4) is 0 Å². The van der Waals surface area contributed by atoms with Crippen LogP contribution in [0.4, 0.5) is 0 Å². The van der Waals surface area contributed by atoms with Crippen LogP contribution in [0, 0.1) is 5.92 Å². The van der Waals surface area contributed by atoms with Gasteiger partial charge >= 0.3 is 5.97 Å². The fourth-order valence-electron chi connectivity index (χ4n) is 2.02. The van der Waals surface area contributed by atoms with Gasteiger partial charge in [0.05, 0.1) is 30.6 Å². The Morgan fingerprint density at radius 3 is 2.67 bits per heavy atom. The number of methoxy groups -OCH3 is 1. The van der Waals surface area contributed by atoms with E-state index >= 15 is 0 Å². The van der Waals surface area contributed by atoms with E-state index in [9.17, 15) is 9.59 Å². The molecule has 104 valence electrons. The maximum absolute atomic E-state index is 11.9. The first kappa shape index (κ1) is 14.9. The molecule has 18 heavy (non-hydrogen) atoms. The summed E-state index contributed by atoms with van der Waals surface area (Å²) in [6, 6.07) is 0. The highest BCUT2D eigenvalue weighted by Crippen LogP contribution is 2.34. The summed E-state index contributed by atoms with van der Waals surface area (Å²) in [6.07, 6.45) is 0.514. The number of nitrogens with one attached hydrogen (secondary N) is 1. The zero-order chi connectivity index (χ0) is 13.8. The number of hydrogen-bond donors (Lipinski definition) is 2. The molecule has 0 aromatic heterocycles. The van der Waals surface area contributed by atoms with E-state index in [-0.39, 0.29) is 31.0 Å². The third-order valence-electron chi connectivity index (χ3n) is 2.88. The van der Waals surface area contributed by atoms with Crippen LogP contribution < -0.4 is 5.32 Å². The Morgan fingerprint density at radius 2 is 2.17 bits per heavy atom. The predicted molar refractivity (Wildman–Crippen MR) is 64.2 cm³/mol. The van der Waals surface area contributed by atoms with Crippen LogP contribution in [0.2, 0.25) is 0 Å². The number of ether oxygens (including phenoxy) is 2. The van der Waals surface area contributed by atoms with Crippen LogP contribution in [0.15, 0.2) is 0 Å². The zero-order valence-electron chi connectivity index (χ0n) is 11.1. The Balaban J connectivity index is 2.51. The highest BCUT2D eigenvalue weighted by atomic mass is 16.5. The summed E-state index contributed by atoms with van der Waals surface area (Å²) in [5, 5.41) is 11.6. The van der Waals surface area contributed by atoms with Gasteiger partial charge in [0, 0.05) is 13.7 Å². The van der Waals surface area contributed by atoms with Crippen molar-refractivity contribution in [2.75, 3.05) is 20.3 Å². The van der Waals surface area contributed by atoms with E-state index in [1.807, 2.05) is 6.92 Å². The van der Waals surface area contributed by atoms with Gasteiger partial charge in [0.25, 0.3) is 0 Å². The van der Waals surface area contributed by atoms with Crippen molar-refractivity contribution < 1.29 is 24.2 Å². The van der Waals surface area contributed by atoms with Gasteiger partial charge in [-0.15, -0.1) is 0 Å². The van der Waals surface area contributed by atoms with E-state index in [0.29, 0.717) is 13.0 Å². The fraction of sp³-hybridized carbons (Fsp3) is 0.833. The van der Waals surface area contributed by atoms with Crippen molar-refractivity contribution in [2.45, 2.75) is 38.3 Å². The van der Waals surface area contributed by atoms with Crippen molar-refractivity contribution in [3.8, 4) is 0 Å². The molecule has 1 aliphatic rings. The topological polar surface area (TPSA) is 84.9 Å². The second-order valence-corrected chi connectivity index (χ2v) is 4.89.